The Morgan fingerprint density at radius 1 is 1.16 bits per heavy atom. The zero-order chi connectivity index (χ0) is 22.0. The number of carbonyl (C=O) groups is 1. The number of hydrogen-bond acceptors (Lipinski definition) is 6. The van der Waals surface area contributed by atoms with Crippen LogP contribution < -0.4 is 5.32 Å². The van der Waals surface area contributed by atoms with Crippen LogP contribution in [0.2, 0.25) is 5.28 Å². The molecule has 1 saturated carbocycles. The summed E-state index contributed by atoms with van der Waals surface area (Å²) < 4.78 is 7.49. The Bertz CT molecular complexity index is 911. The molecule has 0 unspecified atom stereocenters. The second-order valence-corrected chi connectivity index (χ2v) is 9.77. The number of nitrogens with zero attached hydrogens (tertiary/aromatic N) is 5. The van der Waals surface area contributed by atoms with Gasteiger partial charge in [0.15, 0.2) is 0 Å². The molecular formula is C22H31ClN6O2. The van der Waals surface area contributed by atoms with Crippen LogP contribution in [-0.4, -0.2) is 55.5 Å². The Kier molecular flexibility index (Phi) is 6.36. The molecule has 2 fully saturated rings. The fourth-order valence-electron chi connectivity index (χ4n) is 4.26. The van der Waals surface area contributed by atoms with Gasteiger partial charge in [-0.15, -0.1) is 0 Å². The first-order valence-electron chi connectivity index (χ1n) is 11.1. The molecule has 0 radical (unpaired) electrons. The van der Waals surface area contributed by atoms with E-state index < -0.39 is 5.60 Å². The molecule has 0 atom stereocenters. The van der Waals surface area contributed by atoms with Crippen LogP contribution in [0.25, 0.3) is 11.1 Å². The Labute approximate surface area is 188 Å². The third-order valence-electron chi connectivity index (χ3n) is 5.86. The fraction of sp³-hybridized carbons (Fsp3) is 0.636. The Hall–Kier alpha value is -2.35. The highest BCUT2D eigenvalue weighted by atomic mass is 35.5. The van der Waals surface area contributed by atoms with E-state index in [2.05, 4.69) is 20.4 Å². The lowest BCUT2D eigenvalue weighted by Crippen LogP contribution is -2.42. The number of ether oxygens (including phenoxy) is 1. The summed E-state index contributed by atoms with van der Waals surface area (Å²) in [4.78, 5) is 22.7. The molecule has 1 aliphatic heterocycles. The Morgan fingerprint density at radius 2 is 1.87 bits per heavy atom. The van der Waals surface area contributed by atoms with Crippen molar-refractivity contribution in [1.82, 2.24) is 24.6 Å². The van der Waals surface area contributed by atoms with Gasteiger partial charge < -0.3 is 15.0 Å². The molecule has 2 aromatic heterocycles. The molecule has 0 spiro atoms. The summed E-state index contributed by atoms with van der Waals surface area (Å²) in [5.41, 5.74) is 1.40. The number of halogens is 1. The normalized spacial score (nSPS) is 18.4. The number of aromatic nitrogens is 4. The van der Waals surface area contributed by atoms with E-state index in [0.717, 1.165) is 42.6 Å². The SMILES string of the molecule is CC(C)(C)OC(=O)N1CCC(n2cc(-c3cnc(Cl)nc3NC3CCCC3)cn2)CC1. The number of likely N-dealkylation sites (tertiary alicyclic amines) is 1. The van der Waals surface area contributed by atoms with Crippen LogP contribution in [0, 0.1) is 0 Å². The Balaban J connectivity index is 1.43. The number of anilines is 1. The molecule has 0 bridgehead atoms. The van der Waals surface area contributed by atoms with Gasteiger partial charge in [0.05, 0.1) is 12.2 Å². The molecule has 4 rings (SSSR count). The lowest BCUT2D eigenvalue weighted by molar-refractivity contribution is 0.0185. The second kappa shape index (κ2) is 9.02. The first kappa shape index (κ1) is 21.9. The number of nitrogens with one attached hydrogen (secondary N) is 1. The third-order valence-corrected chi connectivity index (χ3v) is 6.04. The van der Waals surface area contributed by atoms with Gasteiger partial charge in [-0.25, -0.2) is 14.8 Å². The highest BCUT2D eigenvalue weighted by Crippen LogP contribution is 2.31. The molecule has 168 valence electrons. The summed E-state index contributed by atoms with van der Waals surface area (Å²) in [6.07, 6.45) is 11.9. The average molecular weight is 447 g/mol. The fourth-order valence-corrected chi connectivity index (χ4v) is 4.39. The van der Waals surface area contributed by atoms with Crippen LogP contribution in [0.5, 0.6) is 0 Å². The van der Waals surface area contributed by atoms with E-state index in [4.69, 9.17) is 16.3 Å². The van der Waals surface area contributed by atoms with Crippen molar-refractivity contribution in [2.75, 3.05) is 18.4 Å². The van der Waals surface area contributed by atoms with E-state index in [1.54, 1.807) is 11.1 Å². The number of rotatable bonds is 4. The lowest BCUT2D eigenvalue weighted by atomic mass is 10.1. The zero-order valence-electron chi connectivity index (χ0n) is 18.5. The molecular weight excluding hydrogens is 416 g/mol. The van der Waals surface area contributed by atoms with Gasteiger partial charge in [-0.1, -0.05) is 12.8 Å². The third kappa shape index (κ3) is 5.47. The largest absolute Gasteiger partial charge is 0.444 e. The van der Waals surface area contributed by atoms with Gasteiger partial charge in [0, 0.05) is 42.7 Å². The number of hydrogen-bond donors (Lipinski definition) is 1. The number of carbonyl (C=O) groups excluding carboxylic acids is 1. The minimum absolute atomic E-state index is 0.242. The summed E-state index contributed by atoms with van der Waals surface area (Å²) in [5, 5.41) is 8.39. The van der Waals surface area contributed by atoms with Gasteiger partial charge in [-0.3, -0.25) is 4.68 Å². The maximum Gasteiger partial charge on any atom is 0.410 e. The van der Waals surface area contributed by atoms with E-state index in [1.165, 1.54) is 12.8 Å². The molecule has 1 N–H and O–H groups in total. The van der Waals surface area contributed by atoms with E-state index in [-0.39, 0.29) is 17.4 Å². The summed E-state index contributed by atoms with van der Waals surface area (Å²) in [6.45, 7) is 6.98. The molecule has 9 heteroatoms. The average Bonchev–Trinajstić information content (AvgIpc) is 3.39. The minimum Gasteiger partial charge on any atom is -0.444 e. The first-order valence-corrected chi connectivity index (χ1v) is 11.5. The monoisotopic (exact) mass is 446 g/mol. The first-order chi connectivity index (χ1) is 14.8. The van der Waals surface area contributed by atoms with Crippen molar-refractivity contribution in [3.05, 3.63) is 23.9 Å². The van der Waals surface area contributed by atoms with Crippen molar-refractivity contribution >= 4 is 23.5 Å². The van der Waals surface area contributed by atoms with Crippen LogP contribution in [0.4, 0.5) is 10.6 Å². The molecule has 1 aliphatic carbocycles. The molecule has 1 amide bonds. The van der Waals surface area contributed by atoms with Crippen LogP contribution in [0.1, 0.15) is 65.3 Å². The van der Waals surface area contributed by atoms with Crippen LogP contribution in [0.15, 0.2) is 18.6 Å². The molecule has 8 nitrogen and oxygen atoms in total. The molecule has 0 aromatic carbocycles. The molecule has 1 saturated heterocycles. The summed E-state index contributed by atoms with van der Waals surface area (Å²) in [6, 6.07) is 0.670. The van der Waals surface area contributed by atoms with Crippen molar-refractivity contribution in [2.45, 2.75) is 77.0 Å². The topological polar surface area (TPSA) is 85.2 Å². The van der Waals surface area contributed by atoms with Crippen molar-refractivity contribution in [2.24, 2.45) is 0 Å². The second-order valence-electron chi connectivity index (χ2n) is 9.43. The quantitative estimate of drug-likeness (QED) is 0.671. The number of amides is 1. The highest BCUT2D eigenvalue weighted by Gasteiger charge is 2.28. The highest BCUT2D eigenvalue weighted by molar-refractivity contribution is 6.28. The van der Waals surface area contributed by atoms with E-state index in [9.17, 15) is 4.79 Å². The molecule has 3 heterocycles. The lowest BCUT2D eigenvalue weighted by Gasteiger charge is -2.33. The van der Waals surface area contributed by atoms with Gasteiger partial charge in [0.2, 0.25) is 5.28 Å². The molecule has 2 aliphatic rings. The Morgan fingerprint density at radius 3 is 2.55 bits per heavy atom. The van der Waals surface area contributed by atoms with E-state index >= 15 is 0 Å². The summed E-state index contributed by atoms with van der Waals surface area (Å²) >= 11 is 6.07. The van der Waals surface area contributed by atoms with Crippen molar-refractivity contribution in [1.29, 1.82) is 0 Å². The smallest absolute Gasteiger partial charge is 0.410 e. The summed E-state index contributed by atoms with van der Waals surface area (Å²) in [5.74, 6) is 0.770. The van der Waals surface area contributed by atoms with Gasteiger partial charge in [-0.05, 0) is 58.1 Å². The van der Waals surface area contributed by atoms with Gasteiger partial charge >= 0.3 is 6.09 Å². The van der Waals surface area contributed by atoms with Gasteiger partial charge in [-0.2, -0.15) is 5.10 Å². The number of piperidine rings is 1. The van der Waals surface area contributed by atoms with Crippen LogP contribution in [-0.2, 0) is 4.74 Å². The van der Waals surface area contributed by atoms with Gasteiger partial charge in [0.25, 0.3) is 0 Å². The van der Waals surface area contributed by atoms with Crippen LogP contribution >= 0.6 is 11.6 Å². The standard InChI is InChI=1S/C22H31ClN6O2/c1-22(2,3)31-21(30)28-10-8-17(9-11-28)29-14-15(12-25-29)18-13-24-20(23)27-19(18)26-16-6-4-5-7-16/h12-14,16-17H,4-11H2,1-3H3,(H,24,26,27). The van der Waals surface area contributed by atoms with Gasteiger partial charge in [0.1, 0.15) is 11.4 Å². The molecule has 31 heavy (non-hydrogen) atoms. The zero-order valence-corrected chi connectivity index (χ0v) is 19.2. The van der Waals surface area contributed by atoms with Crippen LogP contribution in [0.3, 0.4) is 0 Å². The molecule has 2 aromatic rings. The summed E-state index contributed by atoms with van der Waals surface area (Å²) in [7, 11) is 0. The van der Waals surface area contributed by atoms with Crippen molar-refractivity contribution < 1.29 is 9.53 Å². The van der Waals surface area contributed by atoms with E-state index in [1.807, 2.05) is 37.8 Å². The van der Waals surface area contributed by atoms with Crippen molar-refractivity contribution in [3.63, 3.8) is 0 Å². The predicted molar refractivity (Wildman–Crippen MR) is 120 cm³/mol. The van der Waals surface area contributed by atoms with E-state index in [0.29, 0.717) is 19.1 Å². The van der Waals surface area contributed by atoms with Crippen molar-refractivity contribution in [3.8, 4) is 11.1 Å². The minimum atomic E-state index is -0.476. The predicted octanol–water partition coefficient (Wildman–Crippen LogP) is 4.92. The maximum absolute atomic E-state index is 12.3. The maximum atomic E-state index is 12.3.